The second-order valence-electron chi connectivity index (χ2n) is 5.99. The molecule has 0 bridgehead atoms. The van der Waals surface area contributed by atoms with Crippen LogP contribution in [0.15, 0.2) is 12.5 Å². The molecular formula is C15H26N4O2. The van der Waals surface area contributed by atoms with Gasteiger partial charge in [0.2, 0.25) is 0 Å². The summed E-state index contributed by atoms with van der Waals surface area (Å²) in [6.07, 6.45) is 5.24. The highest BCUT2D eigenvalue weighted by molar-refractivity contribution is 4.97. The van der Waals surface area contributed by atoms with E-state index in [1.807, 2.05) is 12.5 Å². The van der Waals surface area contributed by atoms with E-state index in [1.54, 1.807) is 0 Å². The van der Waals surface area contributed by atoms with Crippen molar-refractivity contribution in [2.45, 2.75) is 19.1 Å². The molecule has 0 N–H and O–H groups in total. The van der Waals surface area contributed by atoms with Crippen LogP contribution in [-0.2, 0) is 23.1 Å². The Morgan fingerprint density at radius 2 is 2.05 bits per heavy atom. The predicted molar refractivity (Wildman–Crippen MR) is 80.1 cm³/mol. The number of rotatable bonds is 4. The van der Waals surface area contributed by atoms with E-state index in [4.69, 9.17) is 9.47 Å². The summed E-state index contributed by atoms with van der Waals surface area (Å²) in [5, 5.41) is 0. The van der Waals surface area contributed by atoms with Crippen molar-refractivity contribution in [3.8, 4) is 0 Å². The fourth-order valence-corrected chi connectivity index (χ4v) is 3.06. The zero-order valence-electron chi connectivity index (χ0n) is 12.9. The Morgan fingerprint density at radius 3 is 2.81 bits per heavy atom. The molecule has 3 heterocycles. The summed E-state index contributed by atoms with van der Waals surface area (Å²) in [5.74, 6) is 0. The molecule has 0 saturated carbocycles. The highest BCUT2D eigenvalue weighted by atomic mass is 16.5. The van der Waals surface area contributed by atoms with Crippen molar-refractivity contribution in [1.82, 2.24) is 19.4 Å². The molecule has 1 aromatic rings. The minimum absolute atomic E-state index is 0.304. The van der Waals surface area contributed by atoms with Crippen LogP contribution in [0.4, 0.5) is 0 Å². The van der Waals surface area contributed by atoms with Crippen molar-refractivity contribution in [3.05, 3.63) is 18.2 Å². The van der Waals surface area contributed by atoms with Crippen LogP contribution in [0.3, 0.4) is 0 Å². The first-order chi connectivity index (χ1) is 10.3. The third kappa shape index (κ3) is 4.26. The maximum atomic E-state index is 6.04. The van der Waals surface area contributed by atoms with Crippen LogP contribution in [0.2, 0.25) is 0 Å². The molecule has 2 aliphatic heterocycles. The number of aryl methyl sites for hydroxylation is 1. The first-order valence-corrected chi connectivity index (χ1v) is 7.90. The lowest BCUT2D eigenvalue weighted by Crippen LogP contribution is -2.44. The van der Waals surface area contributed by atoms with Crippen molar-refractivity contribution in [3.63, 3.8) is 0 Å². The molecule has 2 aliphatic rings. The lowest BCUT2D eigenvalue weighted by Gasteiger charge is -2.31. The topological polar surface area (TPSA) is 42.8 Å². The molecule has 3 rings (SSSR count). The average Bonchev–Trinajstić information content (AvgIpc) is 2.76. The standard InChI is InChI=1S/C15H26N4O2/c1-17-13-16-9-14(17)10-19-3-2-6-21-15(12-19)11-18-4-7-20-8-5-18/h9,13,15H,2-8,10-12H2,1H3. The summed E-state index contributed by atoms with van der Waals surface area (Å²) in [6, 6.07) is 0. The van der Waals surface area contributed by atoms with Gasteiger partial charge in [0.15, 0.2) is 0 Å². The van der Waals surface area contributed by atoms with Crippen molar-refractivity contribution in [2.24, 2.45) is 7.05 Å². The first-order valence-electron chi connectivity index (χ1n) is 7.90. The van der Waals surface area contributed by atoms with Crippen LogP contribution in [0.25, 0.3) is 0 Å². The molecule has 0 spiro atoms. The SMILES string of the molecule is Cn1cncc1CN1CCCOC(CN2CCOCC2)C1. The number of hydrogen-bond donors (Lipinski definition) is 0. The fourth-order valence-electron chi connectivity index (χ4n) is 3.06. The molecule has 0 radical (unpaired) electrons. The minimum Gasteiger partial charge on any atom is -0.379 e. The number of imidazole rings is 1. The summed E-state index contributed by atoms with van der Waals surface area (Å²) >= 11 is 0. The largest absolute Gasteiger partial charge is 0.379 e. The number of nitrogens with zero attached hydrogens (tertiary/aromatic N) is 4. The second kappa shape index (κ2) is 7.35. The van der Waals surface area contributed by atoms with Gasteiger partial charge in [-0.3, -0.25) is 9.80 Å². The van der Waals surface area contributed by atoms with E-state index in [0.717, 1.165) is 65.5 Å². The van der Waals surface area contributed by atoms with Crippen molar-refractivity contribution in [1.29, 1.82) is 0 Å². The van der Waals surface area contributed by atoms with E-state index in [9.17, 15) is 0 Å². The molecule has 21 heavy (non-hydrogen) atoms. The average molecular weight is 294 g/mol. The molecule has 1 atom stereocenters. The van der Waals surface area contributed by atoms with Crippen molar-refractivity contribution >= 4 is 0 Å². The number of ether oxygens (including phenoxy) is 2. The van der Waals surface area contributed by atoms with Gasteiger partial charge in [-0.05, 0) is 6.42 Å². The smallest absolute Gasteiger partial charge is 0.0945 e. The van der Waals surface area contributed by atoms with E-state index in [0.29, 0.717) is 6.10 Å². The summed E-state index contributed by atoms with van der Waals surface area (Å²) in [7, 11) is 2.06. The van der Waals surface area contributed by atoms with Gasteiger partial charge >= 0.3 is 0 Å². The van der Waals surface area contributed by atoms with Crippen LogP contribution >= 0.6 is 0 Å². The maximum absolute atomic E-state index is 6.04. The van der Waals surface area contributed by atoms with Gasteiger partial charge in [-0.2, -0.15) is 0 Å². The molecule has 0 amide bonds. The highest BCUT2D eigenvalue weighted by Crippen LogP contribution is 2.12. The van der Waals surface area contributed by atoms with Gasteiger partial charge in [0.05, 0.1) is 31.3 Å². The predicted octanol–water partition coefficient (Wildman–Crippen LogP) is 0.343. The normalized spacial score (nSPS) is 25.9. The Kier molecular flexibility index (Phi) is 5.24. The Morgan fingerprint density at radius 1 is 1.19 bits per heavy atom. The number of hydrogen-bond acceptors (Lipinski definition) is 5. The molecule has 1 aromatic heterocycles. The maximum Gasteiger partial charge on any atom is 0.0945 e. The molecule has 0 aromatic carbocycles. The monoisotopic (exact) mass is 294 g/mol. The van der Waals surface area contributed by atoms with Gasteiger partial charge in [-0.1, -0.05) is 0 Å². The second-order valence-corrected chi connectivity index (χ2v) is 5.99. The van der Waals surface area contributed by atoms with Crippen LogP contribution in [0, 0.1) is 0 Å². The minimum atomic E-state index is 0.304. The van der Waals surface area contributed by atoms with E-state index in [2.05, 4.69) is 26.4 Å². The summed E-state index contributed by atoms with van der Waals surface area (Å²) in [6.45, 7) is 8.72. The quantitative estimate of drug-likeness (QED) is 0.801. The molecule has 2 saturated heterocycles. The van der Waals surface area contributed by atoms with Crippen LogP contribution in [0.1, 0.15) is 12.1 Å². The van der Waals surface area contributed by atoms with Gasteiger partial charge in [0, 0.05) is 59.1 Å². The van der Waals surface area contributed by atoms with Crippen LogP contribution < -0.4 is 0 Å². The van der Waals surface area contributed by atoms with Crippen LogP contribution in [0.5, 0.6) is 0 Å². The summed E-state index contributed by atoms with van der Waals surface area (Å²) in [4.78, 5) is 9.16. The Hall–Kier alpha value is -0.950. The Bertz CT molecular complexity index is 431. The van der Waals surface area contributed by atoms with Gasteiger partial charge in [0.1, 0.15) is 0 Å². The third-order valence-corrected chi connectivity index (χ3v) is 4.30. The van der Waals surface area contributed by atoms with Crippen molar-refractivity contribution < 1.29 is 9.47 Å². The summed E-state index contributed by atoms with van der Waals surface area (Å²) < 4.78 is 13.6. The lowest BCUT2D eigenvalue weighted by atomic mass is 10.2. The molecule has 0 aliphatic carbocycles. The van der Waals surface area contributed by atoms with Gasteiger partial charge < -0.3 is 14.0 Å². The third-order valence-electron chi connectivity index (χ3n) is 4.30. The van der Waals surface area contributed by atoms with Crippen molar-refractivity contribution in [2.75, 3.05) is 52.5 Å². The van der Waals surface area contributed by atoms with E-state index >= 15 is 0 Å². The molecule has 118 valence electrons. The van der Waals surface area contributed by atoms with E-state index < -0.39 is 0 Å². The molecule has 1 unspecified atom stereocenters. The Labute approximate surface area is 126 Å². The summed E-state index contributed by atoms with van der Waals surface area (Å²) in [5.41, 5.74) is 1.27. The lowest BCUT2D eigenvalue weighted by molar-refractivity contribution is -0.0123. The highest BCUT2D eigenvalue weighted by Gasteiger charge is 2.22. The molecule has 2 fully saturated rings. The Balaban J connectivity index is 1.54. The van der Waals surface area contributed by atoms with Gasteiger partial charge in [-0.15, -0.1) is 0 Å². The molecule has 6 nitrogen and oxygen atoms in total. The first kappa shape index (κ1) is 15.0. The fraction of sp³-hybridized carbons (Fsp3) is 0.800. The zero-order valence-corrected chi connectivity index (χ0v) is 12.9. The molecular weight excluding hydrogens is 268 g/mol. The number of morpholine rings is 1. The van der Waals surface area contributed by atoms with Crippen LogP contribution in [-0.4, -0.2) is 78.0 Å². The zero-order chi connectivity index (χ0) is 14.5. The molecule has 6 heteroatoms. The van der Waals surface area contributed by atoms with Gasteiger partial charge in [0.25, 0.3) is 0 Å². The number of aromatic nitrogens is 2. The van der Waals surface area contributed by atoms with E-state index in [1.165, 1.54) is 5.69 Å². The van der Waals surface area contributed by atoms with E-state index in [-0.39, 0.29) is 0 Å². The van der Waals surface area contributed by atoms with Gasteiger partial charge in [-0.25, -0.2) is 4.98 Å².